The maximum absolute atomic E-state index is 13.5. The molecular weight excluding hydrogens is 527 g/mol. The number of imidazole rings is 1. The summed E-state index contributed by atoms with van der Waals surface area (Å²) in [4.78, 5) is 47.2. The molecule has 2 aromatic carbocycles. The van der Waals surface area contributed by atoms with Crippen LogP contribution in [0.2, 0.25) is 0 Å². The Morgan fingerprint density at radius 1 is 1.02 bits per heavy atom. The molecule has 2 heterocycles. The number of hydrogen-bond donors (Lipinski definition) is 5. The Morgan fingerprint density at radius 2 is 1.80 bits per heavy atom. The highest BCUT2D eigenvalue weighted by Crippen LogP contribution is 2.34. The summed E-state index contributed by atoms with van der Waals surface area (Å²) in [6.45, 7) is 1.45. The highest BCUT2D eigenvalue weighted by Gasteiger charge is 2.33. The molecule has 40 heavy (non-hydrogen) atoms. The van der Waals surface area contributed by atoms with E-state index in [-0.39, 0.29) is 36.5 Å². The van der Waals surface area contributed by atoms with E-state index in [1.54, 1.807) is 42.5 Å². The highest BCUT2D eigenvalue weighted by molar-refractivity contribution is 5.98. The average Bonchev–Trinajstić information content (AvgIpc) is 3.41. The van der Waals surface area contributed by atoms with E-state index in [0.29, 0.717) is 22.5 Å². The van der Waals surface area contributed by atoms with Gasteiger partial charge in [-0.1, -0.05) is 24.3 Å². The maximum atomic E-state index is 13.5. The molecule has 0 spiro atoms. The third-order valence-electron chi connectivity index (χ3n) is 5.77. The minimum absolute atomic E-state index is 0.0223. The molecule has 1 atom stereocenters. The molecule has 0 radical (unpaired) electrons. The molecule has 10 nitrogen and oxygen atoms in total. The summed E-state index contributed by atoms with van der Waals surface area (Å²) >= 11 is 0. The van der Waals surface area contributed by atoms with E-state index in [9.17, 15) is 27.6 Å². The van der Waals surface area contributed by atoms with E-state index in [4.69, 9.17) is 0 Å². The Morgan fingerprint density at radius 3 is 2.52 bits per heavy atom. The number of aromatic nitrogens is 3. The third kappa shape index (κ3) is 7.56. The van der Waals surface area contributed by atoms with Crippen LogP contribution in [0.15, 0.2) is 67.1 Å². The summed E-state index contributed by atoms with van der Waals surface area (Å²) in [6, 6.07) is 12.9. The average molecular weight is 554 g/mol. The van der Waals surface area contributed by atoms with Gasteiger partial charge in [0.15, 0.2) is 0 Å². The second-order valence-electron chi connectivity index (χ2n) is 8.90. The van der Waals surface area contributed by atoms with Gasteiger partial charge in [0.25, 0.3) is 0 Å². The summed E-state index contributed by atoms with van der Waals surface area (Å²) in [6.07, 6.45) is -1.55. The van der Waals surface area contributed by atoms with Crippen LogP contribution in [0.4, 0.5) is 30.2 Å². The normalized spacial score (nSPS) is 12.0. The number of carbonyl (C=O) groups is 3. The fraction of sp³-hybridized carbons (Fsp3) is 0.222. The number of amides is 3. The van der Waals surface area contributed by atoms with Crippen molar-refractivity contribution in [3.05, 3.63) is 78.5 Å². The van der Waals surface area contributed by atoms with Gasteiger partial charge in [-0.3, -0.25) is 14.4 Å². The zero-order valence-corrected chi connectivity index (χ0v) is 21.3. The Labute approximate surface area is 226 Å². The number of carbonyl (C=O) groups excluding carboxylic acids is 3. The van der Waals surface area contributed by atoms with Crippen LogP contribution >= 0.6 is 0 Å². The Bertz CT molecular complexity index is 1510. The van der Waals surface area contributed by atoms with Crippen molar-refractivity contribution in [3.63, 3.8) is 0 Å². The van der Waals surface area contributed by atoms with Crippen LogP contribution in [0.5, 0.6) is 0 Å². The summed E-state index contributed by atoms with van der Waals surface area (Å²) < 4.78 is 40.4. The van der Waals surface area contributed by atoms with Gasteiger partial charge in [0.2, 0.25) is 17.7 Å². The molecule has 0 saturated heterocycles. The molecule has 13 heteroatoms. The lowest BCUT2D eigenvalue weighted by molar-refractivity contribution is -0.141. The topological polar surface area (TPSA) is 141 Å². The van der Waals surface area contributed by atoms with Crippen LogP contribution in [0.1, 0.15) is 24.7 Å². The van der Waals surface area contributed by atoms with Gasteiger partial charge in [-0.05, 0) is 30.3 Å². The zero-order valence-electron chi connectivity index (χ0n) is 21.3. The summed E-state index contributed by atoms with van der Waals surface area (Å²) in [5, 5.41) is 11.4. The van der Waals surface area contributed by atoms with E-state index in [0.717, 1.165) is 6.07 Å². The number of hydrogen-bond acceptors (Lipinski definition) is 6. The molecule has 4 rings (SSSR count). The first kappa shape index (κ1) is 28.1. The van der Waals surface area contributed by atoms with Crippen molar-refractivity contribution >= 4 is 45.7 Å². The van der Waals surface area contributed by atoms with Crippen molar-refractivity contribution < 1.29 is 27.6 Å². The molecule has 0 aliphatic heterocycles. The molecular formula is C27H26F3N7O3. The first-order chi connectivity index (χ1) is 19.1. The number of pyridine rings is 1. The Kier molecular flexibility index (Phi) is 8.62. The molecule has 0 unspecified atom stereocenters. The molecule has 4 aromatic rings. The molecule has 0 saturated carbocycles. The van der Waals surface area contributed by atoms with Crippen molar-refractivity contribution in [2.45, 2.75) is 32.0 Å². The Hall–Kier alpha value is -4.94. The van der Waals surface area contributed by atoms with Crippen LogP contribution in [0.25, 0.3) is 10.9 Å². The van der Waals surface area contributed by atoms with Crippen molar-refractivity contribution in [2.24, 2.45) is 0 Å². The summed E-state index contributed by atoms with van der Waals surface area (Å²) in [7, 11) is 0. The number of benzene rings is 2. The van der Waals surface area contributed by atoms with E-state index in [1.165, 1.54) is 25.5 Å². The van der Waals surface area contributed by atoms with Gasteiger partial charge in [-0.25, -0.2) is 9.97 Å². The molecule has 208 valence electrons. The van der Waals surface area contributed by atoms with Gasteiger partial charge < -0.3 is 26.3 Å². The zero-order chi connectivity index (χ0) is 28.7. The standard InChI is InChI=1S/C27H26F3N7O3/c1-16(38)32-10-9-25(39)37-23(12-19-14-31-15-33-19)26(40)35-18-6-4-5-17(11-18)34-22-13-24(27(28,29)30)36-21-8-3-2-7-20(21)22/h2-8,11,13-15,23H,9-10,12H2,1H3,(H,31,33)(H,32,38)(H,34,36)(H,35,40)(H,37,39)/t23-/m1/s1. The highest BCUT2D eigenvalue weighted by atomic mass is 19.4. The number of para-hydroxylation sites is 1. The van der Waals surface area contributed by atoms with Gasteiger partial charge in [-0.2, -0.15) is 13.2 Å². The predicted molar refractivity (Wildman–Crippen MR) is 143 cm³/mol. The van der Waals surface area contributed by atoms with Gasteiger partial charge in [0.05, 0.1) is 17.5 Å². The molecule has 3 amide bonds. The van der Waals surface area contributed by atoms with Crippen molar-refractivity contribution in [2.75, 3.05) is 17.2 Å². The monoisotopic (exact) mass is 553 g/mol. The molecule has 0 fully saturated rings. The number of H-pyrrole nitrogens is 1. The van der Waals surface area contributed by atoms with Gasteiger partial charge in [0.1, 0.15) is 11.7 Å². The quantitative estimate of drug-likeness (QED) is 0.202. The maximum Gasteiger partial charge on any atom is 0.433 e. The number of anilines is 3. The second kappa shape index (κ2) is 12.3. The van der Waals surface area contributed by atoms with E-state index in [1.807, 2.05) is 0 Å². The van der Waals surface area contributed by atoms with Crippen LogP contribution in [-0.2, 0) is 27.0 Å². The fourth-order valence-electron chi connectivity index (χ4n) is 3.93. The van der Waals surface area contributed by atoms with Crippen LogP contribution in [-0.4, -0.2) is 45.3 Å². The number of nitrogens with zero attached hydrogens (tertiary/aromatic N) is 2. The fourth-order valence-corrected chi connectivity index (χ4v) is 3.93. The van der Waals surface area contributed by atoms with E-state index in [2.05, 4.69) is 36.2 Å². The van der Waals surface area contributed by atoms with E-state index < -0.39 is 29.7 Å². The lowest BCUT2D eigenvalue weighted by Gasteiger charge is -2.19. The van der Waals surface area contributed by atoms with Crippen LogP contribution < -0.4 is 21.3 Å². The molecule has 0 aliphatic rings. The predicted octanol–water partition coefficient (Wildman–Crippen LogP) is 3.91. The van der Waals surface area contributed by atoms with Crippen molar-refractivity contribution in [1.82, 2.24) is 25.6 Å². The first-order valence-corrected chi connectivity index (χ1v) is 12.2. The molecule has 0 aliphatic carbocycles. The van der Waals surface area contributed by atoms with Crippen LogP contribution in [0, 0.1) is 0 Å². The van der Waals surface area contributed by atoms with Gasteiger partial charge in [-0.15, -0.1) is 0 Å². The third-order valence-corrected chi connectivity index (χ3v) is 5.77. The van der Waals surface area contributed by atoms with Crippen molar-refractivity contribution in [3.8, 4) is 0 Å². The Balaban J connectivity index is 1.51. The lowest BCUT2D eigenvalue weighted by atomic mass is 10.1. The molecule has 5 N–H and O–H groups in total. The molecule has 0 bridgehead atoms. The minimum Gasteiger partial charge on any atom is -0.356 e. The number of halogens is 3. The smallest absolute Gasteiger partial charge is 0.356 e. The largest absolute Gasteiger partial charge is 0.433 e. The first-order valence-electron chi connectivity index (χ1n) is 12.2. The molecule has 2 aromatic heterocycles. The number of alkyl halides is 3. The summed E-state index contributed by atoms with van der Waals surface area (Å²) in [5.74, 6) is -1.23. The van der Waals surface area contributed by atoms with Gasteiger partial charge >= 0.3 is 6.18 Å². The number of fused-ring (bicyclic) bond motifs is 1. The van der Waals surface area contributed by atoms with Gasteiger partial charge in [0, 0.05) is 55.0 Å². The van der Waals surface area contributed by atoms with Crippen molar-refractivity contribution in [1.29, 1.82) is 0 Å². The number of aromatic amines is 1. The number of nitrogens with one attached hydrogen (secondary N) is 5. The summed E-state index contributed by atoms with van der Waals surface area (Å²) in [5.41, 5.74) is 0.736. The van der Waals surface area contributed by atoms with Crippen LogP contribution in [0.3, 0.4) is 0 Å². The number of rotatable bonds is 10. The minimum atomic E-state index is -4.63. The SMILES string of the molecule is CC(=O)NCCC(=O)N[C@H](Cc1cnc[nH]1)C(=O)Nc1cccc(Nc2cc(C(F)(F)F)nc3ccccc23)c1. The lowest BCUT2D eigenvalue weighted by Crippen LogP contribution is -2.46. The van der Waals surface area contributed by atoms with E-state index >= 15 is 0 Å². The second-order valence-corrected chi connectivity index (χ2v) is 8.90.